The van der Waals surface area contributed by atoms with Crippen molar-refractivity contribution in [2.75, 3.05) is 10.0 Å². The van der Waals surface area contributed by atoms with Gasteiger partial charge in [0.25, 0.3) is 11.8 Å². The van der Waals surface area contributed by atoms with Crippen molar-refractivity contribution in [1.29, 1.82) is 0 Å². The van der Waals surface area contributed by atoms with Gasteiger partial charge in [0.2, 0.25) is 0 Å². The molecule has 0 N–H and O–H groups in total. The van der Waals surface area contributed by atoms with Crippen LogP contribution in [0.2, 0.25) is 10.0 Å². The lowest BCUT2D eigenvalue weighted by Crippen LogP contribution is -2.40. The summed E-state index contributed by atoms with van der Waals surface area (Å²) in [4.78, 5) is 27.6. The minimum absolute atomic E-state index is 0.219. The molecule has 0 radical (unpaired) electrons. The van der Waals surface area contributed by atoms with Gasteiger partial charge in [-0.05, 0) is 55.8 Å². The number of amides is 2. The second-order valence-corrected chi connectivity index (χ2v) is 9.44. The molecular weight excluding hydrogens is 483 g/mol. The monoisotopic (exact) mass is 504 g/mol. The Bertz CT molecular complexity index is 1280. The first-order valence-electron chi connectivity index (χ1n) is 11.2. The van der Waals surface area contributed by atoms with Gasteiger partial charge in [0.1, 0.15) is 0 Å². The maximum absolute atomic E-state index is 13.8. The maximum Gasteiger partial charge on any atom is 0.256 e. The van der Waals surface area contributed by atoms with Gasteiger partial charge in [-0.2, -0.15) is 10.2 Å². The van der Waals surface area contributed by atoms with Crippen LogP contribution in [0.4, 0.5) is 11.4 Å². The van der Waals surface area contributed by atoms with Gasteiger partial charge in [-0.3, -0.25) is 9.59 Å². The van der Waals surface area contributed by atoms with Gasteiger partial charge in [-0.25, -0.2) is 10.0 Å². The summed E-state index contributed by atoms with van der Waals surface area (Å²) in [6.07, 6.45) is 0. The summed E-state index contributed by atoms with van der Waals surface area (Å²) >= 11 is 12.8. The highest BCUT2D eigenvalue weighted by Crippen LogP contribution is 2.45. The van der Waals surface area contributed by atoms with Crippen LogP contribution in [0, 0.1) is 11.8 Å². The van der Waals surface area contributed by atoms with E-state index in [-0.39, 0.29) is 11.8 Å². The third kappa shape index (κ3) is 4.13. The van der Waals surface area contributed by atoms with Crippen molar-refractivity contribution in [1.82, 2.24) is 0 Å². The molecule has 2 amide bonds. The van der Waals surface area contributed by atoms with Gasteiger partial charge in [0.05, 0.1) is 23.2 Å². The number of anilines is 2. The second kappa shape index (κ2) is 9.29. The molecule has 0 fully saturated rings. The fourth-order valence-corrected chi connectivity index (χ4v) is 5.35. The lowest BCUT2D eigenvalue weighted by atomic mass is 9.73. The Balaban J connectivity index is 1.60. The first-order valence-corrected chi connectivity index (χ1v) is 12.0. The average Bonchev–Trinajstić information content (AvgIpc) is 3.32. The van der Waals surface area contributed by atoms with Crippen LogP contribution < -0.4 is 10.0 Å². The number of rotatable bonds is 5. The number of benzene rings is 3. The Kier molecular flexibility index (Phi) is 6.17. The zero-order chi connectivity index (χ0) is 24.7. The van der Waals surface area contributed by atoms with Crippen molar-refractivity contribution in [2.45, 2.75) is 19.8 Å². The van der Waals surface area contributed by atoms with E-state index in [1.54, 1.807) is 18.2 Å². The van der Waals surface area contributed by atoms with E-state index in [1.165, 1.54) is 10.0 Å². The molecular formula is C27H22Cl2N4O2. The van der Waals surface area contributed by atoms with Crippen LogP contribution in [0.5, 0.6) is 0 Å². The Morgan fingerprint density at radius 2 is 1.17 bits per heavy atom. The van der Waals surface area contributed by atoms with E-state index < -0.39 is 17.8 Å². The molecule has 3 aromatic carbocycles. The Labute approximate surface area is 213 Å². The molecule has 0 saturated carbocycles. The molecule has 6 nitrogen and oxygen atoms in total. The third-order valence-corrected chi connectivity index (χ3v) is 6.97. The van der Waals surface area contributed by atoms with Gasteiger partial charge in [-0.1, -0.05) is 65.7 Å². The van der Waals surface area contributed by atoms with E-state index in [0.29, 0.717) is 38.4 Å². The largest absolute Gasteiger partial charge is 0.272 e. The van der Waals surface area contributed by atoms with E-state index in [2.05, 4.69) is 10.2 Å². The minimum atomic E-state index is -0.705. The molecule has 2 aliphatic rings. The summed E-state index contributed by atoms with van der Waals surface area (Å²) in [7, 11) is 0. The van der Waals surface area contributed by atoms with Crippen LogP contribution in [0.15, 0.2) is 89.1 Å². The molecule has 0 saturated heterocycles. The topological polar surface area (TPSA) is 65.3 Å². The number of carbonyl (C=O) groups is 2. The first kappa shape index (κ1) is 23.3. The van der Waals surface area contributed by atoms with Crippen LogP contribution in [0.25, 0.3) is 0 Å². The smallest absolute Gasteiger partial charge is 0.256 e. The molecule has 0 aromatic heterocycles. The summed E-state index contributed by atoms with van der Waals surface area (Å²) in [5, 5.41) is 12.8. The Morgan fingerprint density at radius 1 is 0.714 bits per heavy atom. The van der Waals surface area contributed by atoms with Gasteiger partial charge in [0.15, 0.2) is 0 Å². The fraction of sp³-hybridized carbons (Fsp3) is 0.185. The van der Waals surface area contributed by atoms with Gasteiger partial charge in [-0.15, -0.1) is 0 Å². The lowest BCUT2D eigenvalue weighted by molar-refractivity contribution is -0.122. The van der Waals surface area contributed by atoms with Crippen molar-refractivity contribution in [2.24, 2.45) is 22.0 Å². The maximum atomic E-state index is 13.8. The third-order valence-electron chi connectivity index (χ3n) is 6.41. The summed E-state index contributed by atoms with van der Waals surface area (Å²) in [6.45, 7) is 3.62. The van der Waals surface area contributed by atoms with E-state index in [9.17, 15) is 9.59 Å². The predicted octanol–water partition coefficient (Wildman–Crippen LogP) is 6.15. The molecule has 2 unspecified atom stereocenters. The Hall–Kier alpha value is -3.48. The van der Waals surface area contributed by atoms with Crippen molar-refractivity contribution in [3.8, 4) is 0 Å². The summed E-state index contributed by atoms with van der Waals surface area (Å²) in [6, 6.07) is 23.6. The number of para-hydroxylation sites is 2. The van der Waals surface area contributed by atoms with Gasteiger partial charge in [0, 0.05) is 27.4 Å². The predicted molar refractivity (Wildman–Crippen MR) is 140 cm³/mol. The number of carbonyl (C=O) groups excluding carboxylic acids is 2. The number of halogens is 2. The quantitative estimate of drug-likeness (QED) is 0.417. The highest BCUT2D eigenvalue weighted by atomic mass is 35.5. The molecule has 5 rings (SSSR count). The highest BCUT2D eigenvalue weighted by Gasteiger charge is 2.50. The minimum Gasteiger partial charge on any atom is -0.272 e. The molecule has 3 aromatic rings. The second-order valence-electron chi connectivity index (χ2n) is 8.60. The summed E-state index contributed by atoms with van der Waals surface area (Å²) in [5.41, 5.74) is 3.19. The van der Waals surface area contributed by atoms with Crippen LogP contribution in [0.1, 0.15) is 25.3 Å². The average molecular weight is 505 g/mol. The Morgan fingerprint density at radius 3 is 1.60 bits per heavy atom. The molecule has 2 atom stereocenters. The van der Waals surface area contributed by atoms with Gasteiger partial charge >= 0.3 is 0 Å². The van der Waals surface area contributed by atoms with Crippen LogP contribution in [-0.2, 0) is 9.59 Å². The molecule has 0 aliphatic carbocycles. The molecule has 0 bridgehead atoms. The number of hydrazone groups is 2. The fourth-order valence-electron chi connectivity index (χ4n) is 4.82. The summed E-state index contributed by atoms with van der Waals surface area (Å²) in [5.74, 6) is -2.46. The lowest BCUT2D eigenvalue weighted by Gasteiger charge is -2.29. The zero-order valence-corrected chi connectivity index (χ0v) is 20.6. The molecule has 8 heteroatoms. The standard InChI is InChI=1S/C27H22Cl2N4O2/c1-16-23(26(34)32(30-16)19-9-5-3-6-10-19)25(21-14-13-18(28)15-22(21)29)24-17(2)31-33(27(24)35)20-11-7-4-8-12-20/h3-15,23-25H,1-2H3. The first-order chi connectivity index (χ1) is 16.9. The molecule has 35 heavy (non-hydrogen) atoms. The van der Waals surface area contributed by atoms with Crippen molar-refractivity contribution in [3.05, 3.63) is 94.5 Å². The number of nitrogens with zero attached hydrogens (tertiary/aromatic N) is 4. The van der Waals surface area contributed by atoms with E-state index in [4.69, 9.17) is 23.2 Å². The zero-order valence-electron chi connectivity index (χ0n) is 19.1. The van der Waals surface area contributed by atoms with Crippen molar-refractivity contribution >= 4 is 57.8 Å². The molecule has 2 aliphatic heterocycles. The van der Waals surface area contributed by atoms with E-state index in [1.807, 2.05) is 74.5 Å². The SMILES string of the molecule is CC1=NN(c2ccccc2)C(=O)C1C(c1ccc(Cl)cc1Cl)C1C(=O)N(c2ccccc2)N=C1C. The molecule has 2 heterocycles. The van der Waals surface area contributed by atoms with Gasteiger partial charge < -0.3 is 0 Å². The highest BCUT2D eigenvalue weighted by molar-refractivity contribution is 6.35. The van der Waals surface area contributed by atoms with E-state index >= 15 is 0 Å². The van der Waals surface area contributed by atoms with Crippen molar-refractivity contribution < 1.29 is 9.59 Å². The van der Waals surface area contributed by atoms with Crippen molar-refractivity contribution in [3.63, 3.8) is 0 Å². The summed E-state index contributed by atoms with van der Waals surface area (Å²) < 4.78 is 0. The van der Waals surface area contributed by atoms with Crippen LogP contribution in [0.3, 0.4) is 0 Å². The number of hydrogen-bond donors (Lipinski definition) is 0. The van der Waals surface area contributed by atoms with Crippen LogP contribution >= 0.6 is 23.2 Å². The van der Waals surface area contributed by atoms with E-state index in [0.717, 1.165) is 0 Å². The molecule has 176 valence electrons. The van der Waals surface area contributed by atoms with Crippen LogP contribution in [-0.4, -0.2) is 23.2 Å². The number of hydrogen-bond acceptors (Lipinski definition) is 4. The normalized spacial score (nSPS) is 20.8. The molecule has 0 spiro atoms.